The van der Waals surface area contributed by atoms with Crippen LogP contribution in [-0.2, 0) is 11.3 Å². The Kier molecular flexibility index (Phi) is 9.40. The van der Waals surface area contributed by atoms with Gasteiger partial charge in [0.1, 0.15) is 6.17 Å². The van der Waals surface area contributed by atoms with Crippen LogP contribution in [0.3, 0.4) is 0 Å². The number of rotatable bonds is 12. The lowest BCUT2D eigenvalue weighted by atomic mass is 9.98. The molecule has 0 saturated heterocycles. The number of aromatic amines is 1. The molecule has 0 radical (unpaired) electrons. The zero-order valence-corrected chi connectivity index (χ0v) is 23.0. The Morgan fingerprint density at radius 1 is 1.03 bits per heavy atom. The van der Waals surface area contributed by atoms with E-state index in [1.54, 1.807) is 0 Å². The van der Waals surface area contributed by atoms with E-state index in [2.05, 4.69) is 75.9 Å². The van der Waals surface area contributed by atoms with Gasteiger partial charge in [-0.05, 0) is 67.5 Å². The van der Waals surface area contributed by atoms with Gasteiger partial charge in [0.25, 0.3) is 0 Å². The van der Waals surface area contributed by atoms with Gasteiger partial charge in [0.05, 0.1) is 0 Å². The Bertz CT molecular complexity index is 1240. The highest BCUT2D eigenvalue weighted by Gasteiger charge is 2.22. The van der Waals surface area contributed by atoms with Crippen LogP contribution in [0.4, 0.5) is 0 Å². The molecule has 0 aliphatic carbocycles. The van der Waals surface area contributed by atoms with Crippen molar-refractivity contribution in [2.24, 2.45) is 4.99 Å². The van der Waals surface area contributed by atoms with Crippen molar-refractivity contribution in [3.63, 3.8) is 0 Å². The summed E-state index contributed by atoms with van der Waals surface area (Å²) in [6.45, 7) is 10.6. The molecule has 0 fully saturated rings. The molecular formula is C30H39N7O. The average molecular weight is 514 g/mol. The number of allylic oxidation sites excluding steroid dienone is 1. The van der Waals surface area contributed by atoms with Crippen molar-refractivity contribution >= 4 is 11.6 Å². The Balaban J connectivity index is 1.52. The van der Waals surface area contributed by atoms with Gasteiger partial charge in [-0.2, -0.15) is 5.21 Å². The molecule has 3 aromatic rings. The van der Waals surface area contributed by atoms with Gasteiger partial charge in [-0.1, -0.05) is 61.9 Å². The van der Waals surface area contributed by atoms with Gasteiger partial charge in [0.15, 0.2) is 0 Å². The van der Waals surface area contributed by atoms with Crippen molar-refractivity contribution in [2.45, 2.75) is 72.5 Å². The third kappa shape index (κ3) is 6.54. The van der Waals surface area contributed by atoms with E-state index in [0.717, 1.165) is 66.9 Å². The summed E-state index contributed by atoms with van der Waals surface area (Å²) in [7, 11) is 0. The first-order chi connectivity index (χ1) is 18.5. The molecule has 1 atom stereocenters. The highest BCUT2D eigenvalue weighted by molar-refractivity contribution is 5.99. The minimum Gasteiger partial charge on any atom is -0.351 e. The first-order valence-corrected chi connectivity index (χ1v) is 13.7. The van der Waals surface area contributed by atoms with Crippen molar-refractivity contribution in [3.05, 3.63) is 65.9 Å². The number of benzene rings is 2. The second-order valence-corrected chi connectivity index (χ2v) is 9.71. The normalized spacial score (nSPS) is 15.3. The van der Waals surface area contributed by atoms with Crippen molar-refractivity contribution in [2.75, 3.05) is 13.1 Å². The highest BCUT2D eigenvalue weighted by atomic mass is 16.2. The molecule has 1 aliphatic heterocycles. The number of amides is 1. The predicted octanol–water partition coefficient (Wildman–Crippen LogP) is 5.86. The van der Waals surface area contributed by atoms with Crippen LogP contribution in [0.2, 0.25) is 0 Å². The summed E-state index contributed by atoms with van der Waals surface area (Å²) in [5.74, 6) is 0.794. The van der Waals surface area contributed by atoms with Crippen LogP contribution in [-0.4, -0.2) is 61.3 Å². The summed E-state index contributed by atoms with van der Waals surface area (Å²) in [6.07, 6.45) is 6.89. The molecule has 8 heteroatoms. The molecule has 4 rings (SSSR count). The molecule has 1 aliphatic rings. The number of tetrazole rings is 1. The lowest BCUT2D eigenvalue weighted by Gasteiger charge is -2.33. The van der Waals surface area contributed by atoms with E-state index in [9.17, 15) is 4.79 Å². The predicted molar refractivity (Wildman–Crippen MR) is 152 cm³/mol. The van der Waals surface area contributed by atoms with Crippen molar-refractivity contribution in [3.8, 4) is 22.5 Å². The summed E-state index contributed by atoms with van der Waals surface area (Å²) < 4.78 is 0. The summed E-state index contributed by atoms with van der Waals surface area (Å²) in [5.41, 5.74) is 6.56. The summed E-state index contributed by atoms with van der Waals surface area (Å²) in [5, 5.41) is 14.6. The minimum absolute atomic E-state index is 0.121. The molecule has 2 aromatic carbocycles. The highest BCUT2D eigenvalue weighted by Crippen LogP contribution is 2.30. The van der Waals surface area contributed by atoms with E-state index in [4.69, 9.17) is 4.99 Å². The fourth-order valence-electron chi connectivity index (χ4n) is 4.96. The second-order valence-electron chi connectivity index (χ2n) is 9.71. The standard InChI is InChI=1S/C30H39N7O/c1-5-8-13-28-31-22(4)25(18-19-29(38)36(6-2)7-3)21-37(28)20-23-14-16-24(17-15-23)26-11-9-10-12-27(26)30-32-34-35-33-30/h9-12,14-17,21,28H,5-8,13,18-20H2,1-4H3,(H,32,33,34,35). The quantitative estimate of drug-likeness (QED) is 0.328. The molecule has 2 heterocycles. The van der Waals surface area contributed by atoms with Gasteiger partial charge in [-0.15, -0.1) is 10.2 Å². The monoisotopic (exact) mass is 513 g/mol. The van der Waals surface area contributed by atoms with Crippen LogP contribution in [0, 0.1) is 0 Å². The maximum Gasteiger partial charge on any atom is 0.222 e. The smallest absolute Gasteiger partial charge is 0.222 e. The van der Waals surface area contributed by atoms with Crippen molar-refractivity contribution in [1.29, 1.82) is 0 Å². The molecular weight excluding hydrogens is 474 g/mol. The minimum atomic E-state index is 0.121. The van der Waals surface area contributed by atoms with Gasteiger partial charge >= 0.3 is 0 Å². The zero-order valence-electron chi connectivity index (χ0n) is 23.0. The Morgan fingerprint density at radius 3 is 2.42 bits per heavy atom. The Labute approximate surface area is 225 Å². The zero-order chi connectivity index (χ0) is 26.9. The van der Waals surface area contributed by atoms with Crippen LogP contribution < -0.4 is 0 Å². The molecule has 1 N–H and O–H groups in total. The second kappa shape index (κ2) is 13.1. The fraction of sp³-hybridized carbons (Fsp3) is 0.433. The van der Waals surface area contributed by atoms with E-state index < -0.39 is 0 Å². The molecule has 1 aromatic heterocycles. The number of hydrogen-bond donors (Lipinski definition) is 1. The molecule has 200 valence electrons. The topological polar surface area (TPSA) is 90.4 Å². The molecule has 0 bridgehead atoms. The number of aliphatic imine (C=N–C) groups is 1. The maximum absolute atomic E-state index is 12.6. The van der Waals surface area contributed by atoms with E-state index in [-0.39, 0.29) is 12.1 Å². The molecule has 1 amide bonds. The number of unbranched alkanes of at least 4 members (excludes halogenated alkanes) is 1. The first-order valence-electron chi connectivity index (χ1n) is 13.7. The van der Waals surface area contributed by atoms with Gasteiger partial charge in [-0.25, -0.2) is 0 Å². The molecule has 0 saturated carbocycles. The van der Waals surface area contributed by atoms with Gasteiger partial charge in [-0.3, -0.25) is 9.79 Å². The lowest BCUT2D eigenvalue weighted by molar-refractivity contribution is -0.130. The van der Waals surface area contributed by atoms with Gasteiger partial charge < -0.3 is 9.80 Å². The van der Waals surface area contributed by atoms with Crippen LogP contribution >= 0.6 is 0 Å². The molecule has 8 nitrogen and oxygen atoms in total. The first kappa shape index (κ1) is 27.2. The summed E-state index contributed by atoms with van der Waals surface area (Å²) in [4.78, 5) is 21.9. The van der Waals surface area contributed by atoms with Crippen molar-refractivity contribution < 1.29 is 4.79 Å². The Morgan fingerprint density at radius 2 is 1.76 bits per heavy atom. The van der Waals surface area contributed by atoms with E-state index in [1.165, 1.54) is 5.56 Å². The number of carbonyl (C=O) groups is 1. The SMILES string of the molecule is CCCCC1N=C(C)C(CCC(=O)N(CC)CC)=CN1Cc1ccc(-c2ccccc2-c2nn[nH]n2)cc1. The fourth-order valence-corrected chi connectivity index (χ4v) is 4.96. The summed E-state index contributed by atoms with van der Waals surface area (Å²) >= 11 is 0. The number of nitrogens with zero attached hydrogens (tertiary/aromatic N) is 6. The van der Waals surface area contributed by atoms with Gasteiger partial charge in [0, 0.05) is 43.5 Å². The number of nitrogens with one attached hydrogen (secondary N) is 1. The number of H-pyrrole nitrogens is 1. The molecule has 1 unspecified atom stereocenters. The van der Waals surface area contributed by atoms with Gasteiger partial charge in [0.2, 0.25) is 11.7 Å². The molecule has 38 heavy (non-hydrogen) atoms. The van der Waals surface area contributed by atoms with E-state index in [0.29, 0.717) is 18.7 Å². The third-order valence-electron chi connectivity index (χ3n) is 7.20. The summed E-state index contributed by atoms with van der Waals surface area (Å²) in [6, 6.07) is 16.8. The average Bonchev–Trinajstić information content (AvgIpc) is 3.48. The Hall–Kier alpha value is -3.81. The van der Waals surface area contributed by atoms with E-state index in [1.807, 2.05) is 36.9 Å². The molecule has 0 spiro atoms. The van der Waals surface area contributed by atoms with Crippen LogP contribution in [0.5, 0.6) is 0 Å². The lowest BCUT2D eigenvalue weighted by Crippen LogP contribution is -2.34. The third-order valence-corrected chi connectivity index (χ3v) is 7.20. The van der Waals surface area contributed by atoms with Crippen LogP contribution in [0.25, 0.3) is 22.5 Å². The van der Waals surface area contributed by atoms with E-state index >= 15 is 0 Å². The van der Waals surface area contributed by atoms with Crippen molar-refractivity contribution in [1.82, 2.24) is 30.4 Å². The number of hydrogen-bond acceptors (Lipinski definition) is 6. The number of carbonyl (C=O) groups excluding carboxylic acids is 1. The van der Waals surface area contributed by atoms with Crippen LogP contribution in [0.15, 0.2) is 65.3 Å². The van der Waals surface area contributed by atoms with Crippen LogP contribution in [0.1, 0.15) is 65.4 Å². The largest absolute Gasteiger partial charge is 0.351 e. The maximum atomic E-state index is 12.6. The number of aromatic nitrogens is 4.